The largest absolute Gasteiger partial charge is 0.495 e. The maximum atomic E-state index is 12.6. The number of anilines is 2. The van der Waals surface area contributed by atoms with E-state index < -0.39 is 0 Å². The Bertz CT molecular complexity index is 731. The highest BCUT2D eigenvalue weighted by Gasteiger charge is 2.14. The number of carbonyl (C=O) groups is 1. The van der Waals surface area contributed by atoms with E-state index in [1.807, 2.05) is 25.1 Å². The number of nitrogens with zero attached hydrogens (tertiary/aromatic N) is 2. The Labute approximate surface area is 142 Å². The summed E-state index contributed by atoms with van der Waals surface area (Å²) in [5.74, 6) is 1.51. The number of aryl methyl sites for hydroxylation is 2. The van der Waals surface area contributed by atoms with Crippen LogP contribution in [0.2, 0.25) is 0 Å². The summed E-state index contributed by atoms with van der Waals surface area (Å²) < 4.78 is 5.29. The topological polar surface area (TPSA) is 76.1 Å². The molecular formula is C18H24N4O2. The number of carbonyl (C=O) groups excluding carboxylic acids is 1. The van der Waals surface area contributed by atoms with E-state index in [-0.39, 0.29) is 11.9 Å². The highest BCUT2D eigenvalue weighted by atomic mass is 16.5. The molecule has 1 amide bonds. The van der Waals surface area contributed by atoms with Crippen LogP contribution in [0.15, 0.2) is 24.3 Å². The molecule has 1 atom stereocenters. The minimum Gasteiger partial charge on any atom is -0.495 e. The zero-order chi connectivity index (χ0) is 17.7. The first-order valence-corrected chi connectivity index (χ1v) is 8.01. The van der Waals surface area contributed by atoms with E-state index in [1.54, 1.807) is 20.1 Å². The van der Waals surface area contributed by atoms with Crippen LogP contribution in [0.1, 0.15) is 42.1 Å². The van der Waals surface area contributed by atoms with Crippen molar-refractivity contribution in [2.45, 2.75) is 40.2 Å². The third kappa shape index (κ3) is 4.44. The summed E-state index contributed by atoms with van der Waals surface area (Å²) in [5.41, 5.74) is 1.97. The molecule has 0 aliphatic rings. The van der Waals surface area contributed by atoms with Gasteiger partial charge in [0.15, 0.2) is 0 Å². The molecule has 0 aliphatic carbocycles. The van der Waals surface area contributed by atoms with Crippen molar-refractivity contribution in [3.05, 3.63) is 41.3 Å². The second-order valence-electron chi connectivity index (χ2n) is 5.80. The Hall–Kier alpha value is -2.63. The van der Waals surface area contributed by atoms with E-state index >= 15 is 0 Å². The van der Waals surface area contributed by atoms with Gasteiger partial charge in [0.25, 0.3) is 5.91 Å². The van der Waals surface area contributed by atoms with Gasteiger partial charge in [-0.3, -0.25) is 4.79 Å². The predicted octanol–water partition coefficient (Wildman–Crippen LogP) is 3.56. The standard InChI is InChI=1S/C18H24N4O2/c1-6-12(3)19-17-10-15(20-13(4)21-17)18(23)22-14-9-11(2)7-8-16(14)24-5/h7-10,12H,6H2,1-5H3,(H,22,23)(H,19,20,21). The number of amides is 1. The molecule has 1 aromatic heterocycles. The summed E-state index contributed by atoms with van der Waals surface area (Å²) in [6.45, 7) is 7.88. The van der Waals surface area contributed by atoms with Gasteiger partial charge in [-0.05, 0) is 44.9 Å². The van der Waals surface area contributed by atoms with E-state index in [2.05, 4.69) is 34.4 Å². The second-order valence-corrected chi connectivity index (χ2v) is 5.80. The van der Waals surface area contributed by atoms with Crippen molar-refractivity contribution in [2.75, 3.05) is 17.7 Å². The lowest BCUT2D eigenvalue weighted by atomic mass is 10.2. The highest BCUT2D eigenvalue weighted by Crippen LogP contribution is 2.25. The number of hydrogen-bond acceptors (Lipinski definition) is 5. The predicted molar refractivity (Wildman–Crippen MR) is 95.8 cm³/mol. The van der Waals surface area contributed by atoms with Gasteiger partial charge in [0, 0.05) is 12.1 Å². The van der Waals surface area contributed by atoms with E-state index in [4.69, 9.17) is 4.74 Å². The number of methoxy groups -OCH3 is 1. The Morgan fingerprint density at radius 1 is 1.25 bits per heavy atom. The average molecular weight is 328 g/mol. The van der Waals surface area contributed by atoms with Crippen LogP contribution in [-0.4, -0.2) is 29.0 Å². The summed E-state index contributed by atoms with van der Waals surface area (Å²) >= 11 is 0. The van der Waals surface area contributed by atoms with Crippen LogP contribution in [0.5, 0.6) is 5.75 Å². The van der Waals surface area contributed by atoms with Crippen LogP contribution >= 0.6 is 0 Å². The van der Waals surface area contributed by atoms with Gasteiger partial charge in [-0.15, -0.1) is 0 Å². The van der Waals surface area contributed by atoms with Crippen LogP contribution in [-0.2, 0) is 0 Å². The molecule has 1 unspecified atom stereocenters. The number of aromatic nitrogens is 2. The smallest absolute Gasteiger partial charge is 0.274 e. The highest BCUT2D eigenvalue weighted by molar-refractivity contribution is 6.04. The van der Waals surface area contributed by atoms with Crippen LogP contribution in [0.4, 0.5) is 11.5 Å². The molecule has 2 rings (SSSR count). The van der Waals surface area contributed by atoms with Crippen molar-refractivity contribution in [1.29, 1.82) is 0 Å². The molecule has 0 bridgehead atoms. The molecule has 0 radical (unpaired) electrons. The van der Waals surface area contributed by atoms with Gasteiger partial charge in [-0.2, -0.15) is 0 Å². The number of hydrogen-bond donors (Lipinski definition) is 2. The van der Waals surface area contributed by atoms with E-state index in [0.717, 1.165) is 12.0 Å². The molecule has 6 heteroatoms. The van der Waals surface area contributed by atoms with Crippen molar-refractivity contribution in [2.24, 2.45) is 0 Å². The number of nitrogens with one attached hydrogen (secondary N) is 2. The van der Waals surface area contributed by atoms with Crippen LogP contribution in [0.25, 0.3) is 0 Å². The lowest BCUT2D eigenvalue weighted by molar-refractivity contribution is 0.102. The fraction of sp³-hybridized carbons (Fsp3) is 0.389. The van der Waals surface area contributed by atoms with E-state index in [1.165, 1.54) is 0 Å². The van der Waals surface area contributed by atoms with Gasteiger partial charge < -0.3 is 15.4 Å². The summed E-state index contributed by atoms with van der Waals surface area (Å²) in [7, 11) is 1.57. The Balaban J connectivity index is 2.25. The van der Waals surface area contributed by atoms with E-state index in [0.29, 0.717) is 28.8 Å². The Kier molecular flexibility index (Phi) is 5.73. The molecule has 0 fully saturated rings. The third-order valence-electron chi connectivity index (χ3n) is 3.68. The normalized spacial score (nSPS) is 11.7. The fourth-order valence-corrected chi connectivity index (χ4v) is 2.22. The minimum atomic E-state index is -0.295. The van der Waals surface area contributed by atoms with Crippen LogP contribution in [0.3, 0.4) is 0 Å². The third-order valence-corrected chi connectivity index (χ3v) is 3.68. The van der Waals surface area contributed by atoms with Crippen molar-refractivity contribution >= 4 is 17.4 Å². The molecule has 2 aromatic rings. The zero-order valence-electron chi connectivity index (χ0n) is 14.8. The summed E-state index contributed by atoms with van der Waals surface area (Å²) in [6.07, 6.45) is 0.963. The SMILES string of the molecule is CCC(C)Nc1cc(C(=O)Nc2cc(C)ccc2OC)nc(C)n1. The number of benzene rings is 1. The first-order chi connectivity index (χ1) is 11.4. The van der Waals surface area contributed by atoms with Crippen LogP contribution < -0.4 is 15.4 Å². The summed E-state index contributed by atoms with van der Waals surface area (Å²) in [4.78, 5) is 21.1. The molecule has 128 valence electrons. The monoisotopic (exact) mass is 328 g/mol. The van der Waals surface area contributed by atoms with Gasteiger partial charge in [0.2, 0.25) is 0 Å². The van der Waals surface area contributed by atoms with Crippen molar-refractivity contribution in [3.8, 4) is 5.75 Å². The fourth-order valence-electron chi connectivity index (χ4n) is 2.22. The number of ether oxygens (including phenoxy) is 1. The van der Waals surface area contributed by atoms with Crippen LogP contribution in [0, 0.1) is 13.8 Å². The van der Waals surface area contributed by atoms with Gasteiger partial charge in [-0.1, -0.05) is 13.0 Å². The molecule has 0 aliphatic heterocycles. The first kappa shape index (κ1) is 17.7. The Morgan fingerprint density at radius 3 is 2.67 bits per heavy atom. The first-order valence-electron chi connectivity index (χ1n) is 8.01. The zero-order valence-corrected chi connectivity index (χ0v) is 14.8. The number of rotatable bonds is 6. The molecule has 1 aromatic carbocycles. The molecule has 2 N–H and O–H groups in total. The molecule has 24 heavy (non-hydrogen) atoms. The lowest BCUT2D eigenvalue weighted by Gasteiger charge is -2.14. The van der Waals surface area contributed by atoms with Crippen molar-refractivity contribution in [1.82, 2.24) is 9.97 Å². The molecular weight excluding hydrogens is 304 g/mol. The Morgan fingerprint density at radius 2 is 2.00 bits per heavy atom. The minimum absolute atomic E-state index is 0.270. The van der Waals surface area contributed by atoms with Crippen molar-refractivity contribution in [3.63, 3.8) is 0 Å². The molecule has 0 spiro atoms. The summed E-state index contributed by atoms with van der Waals surface area (Å²) in [5, 5.41) is 6.13. The maximum absolute atomic E-state index is 12.6. The quantitative estimate of drug-likeness (QED) is 0.848. The van der Waals surface area contributed by atoms with E-state index in [9.17, 15) is 4.79 Å². The maximum Gasteiger partial charge on any atom is 0.274 e. The van der Waals surface area contributed by atoms with Gasteiger partial charge >= 0.3 is 0 Å². The van der Waals surface area contributed by atoms with Gasteiger partial charge in [0.05, 0.1) is 12.8 Å². The van der Waals surface area contributed by atoms with Gasteiger partial charge in [-0.25, -0.2) is 9.97 Å². The molecule has 0 saturated heterocycles. The lowest BCUT2D eigenvalue weighted by Crippen LogP contribution is -2.19. The van der Waals surface area contributed by atoms with Gasteiger partial charge in [0.1, 0.15) is 23.1 Å². The average Bonchev–Trinajstić information content (AvgIpc) is 2.54. The molecule has 1 heterocycles. The molecule has 0 saturated carbocycles. The van der Waals surface area contributed by atoms with Crippen molar-refractivity contribution < 1.29 is 9.53 Å². The molecule has 6 nitrogen and oxygen atoms in total. The summed E-state index contributed by atoms with van der Waals surface area (Å²) in [6, 6.07) is 7.55. The second kappa shape index (κ2) is 7.77.